The molecule has 2 atom stereocenters. The standard InChI is InChI=1S/C10H15NO4/c1-6(12)11-4-8-2-7(10(13)14)3-9(5-11)15-8/h7-9H,2-5H2,1H3,(H,13,14). The van der Waals surface area contributed by atoms with Gasteiger partial charge in [-0.2, -0.15) is 0 Å². The largest absolute Gasteiger partial charge is 0.481 e. The van der Waals surface area contributed by atoms with Crippen molar-refractivity contribution in [2.24, 2.45) is 5.92 Å². The third-order valence-electron chi connectivity index (χ3n) is 3.12. The van der Waals surface area contributed by atoms with Crippen LogP contribution in [0, 0.1) is 5.92 Å². The van der Waals surface area contributed by atoms with Crippen LogP contribution in [0.15, 0.2) is 0 Å². The number of rotatable bonds is 1. The van der Waals surface area contributed by atoms with Gasteiger partial charge >= 0.3 is 5.97 Å². The number of carbonyl (C=O) groups is 2. The minimum Gasteiger partial charge on any atom is -0.481 e. The number of carboxylic acid groups (broad SMARTS) is 1. The lowest BCUT2D eigenvalue weighted by Gasteiger charge is -2.43. The Labute approximate surface area is 88.0 Å². The molecular formula is C10H15NO4. The topological polar surface area (TPSA) is 66.8 Å². The van der Waals surface area contributed by atoms with Crippen LogP contribution < -0.4 is 0 Å². The molecular weight excluding hydrogens is 198 g/mol. The first-order valence-corrected chi connectivity index (χ1v) is 5.20. The zero-order valence-corrected chi connectivity index (χ0v) is 8.68. The molecule has 5 nitrogen and oxygen atoms in total. The number of fused-ring (bicyclic) bond motifs is 2. The summed E-state index contributed by atoms with van der Waals surface area (Å²) in [5, 5.41) is 8.93. The van der Waals surface area contributed by atoms with Crippen LogP contribution in [0.5, 0.6) is 0 Å². The second kappa shape index (κ2) is 3.81. The van der Waals surface area contributed by atoms with Gasteiger partial charge in [-0.25, -0.2) is 0 Å². The van der Waals surface area contributed by atoms with Gasteiger partial charge in [0.05, 0.1) is 18.1 Å². The molecule has 0 aromatic heterocycles. The number of likely N-dealkylation sites (tertiary alicyclic amines) is 1. The average molecular weight is 213 g/mol. The third kappa shape index (κ3) is 2.12. The molecule has 2 bridgehead atoms. The molecule has 2 aliphatic heterocycles. The molecule has 0 aromatic rings. The summed E-state index contributed by atoms with van der Waals surface area (Å²) in [5.74, 6) is -1.01. The Bertz CT molecular complexity index is 251. The highest BCUT2D eigenvalue weighted by atomic mass is 16.5. The normalized spacial score (nSPS) is 35.0. The van der Waals surface area contributed by atoms with E-state index in [1.807, 2.05) is 0 Å². The van der Waals surface area contributed by atoms with Gasteiger partial charge in [-0.15, -0.1) is 0 Å². The molecule has 2 saturated heterocycles. The smallest absolute Gasteiger partial charge is 0.306 e. The molecule has 2 rings (SSSR count). The van der Waals surface area contributed by atoms with E-state index < -0.39 is 5.97 Å². The molecule has 2 aliphatic rings. The van der Waals surface area contributed by atoms with Gasteiger partial charge in [-0.3, -0.25) is 9.59 Å². The highest BCUT2D eigenvalue weighted by Crippen LogP contribution is 2.29. The highest BCUT2D eigenvalue weighted by molar-refractivity contribution is 5.73. The lowest BCUT2D eigenvalue weighted by molar-refractivity contribution is -0.166. The molecule has 0 spiro atoms. The van der Waals surface area contributed by atoms with Crippen molar-refractivity contribution in [1.82, 2.24) is 4.90 Å². The van der Waals surface area contributed by atoms with E-state index in [-0.39, 0.29) is 24.0 Å². The summed E-state index contributed by atoms with van der Waals surface area (Å²) in [5.41, 5.74) is 0. The van der Waals surface area contributed by atoms with Gasteiger partial charge in [-0.1, -0.05) is 0 Å². The number of carboxylic acids is 1. The molecule has 0 saturated carbocycles. The van der Waals surface area contributed by atoms with E-state index >= 15 is 0 Å². The van der Waals surface area contributed by atoms with Crippen molar-refractivity contribution >= 4 is 11.9 Å². The number of ether oxygens (including phenoxy) is 1. The van der Waals surface area contributed by atoms with E-state index in [1.165, 1.54) is 6.92 Å². The van der Waals surface area contributed by atoms with Crippen molar-refractivity contribution in [3.63, 3.8) is 0 Å². The van der Waals surface area contributed by atoms with E-state index in [0.29, 0.717) is 25.9 Å². The fraction of sp³-hybridized carbons (Fsp3) is 0.800. The number of morpholine rings is 1. The predicted molar refractivity (Wildman–Crippen MR) is 51.3 cm³/mol. The zero-order chi connectivity index (χ0) is 11.0. The number of hydrogen-bond acceptors (Lipinski definition) is 3. The number of carbonyl (C=O) groups excluding carboxylic acids is 1. The summed E-state index contributed by atoms with van der Waals surface area (Å²) in [6.45, 7) is 2.61. The molecule has 84 valence electrons. The van der Waals surface area contributed by atoms with Gasteiger partial charge in [0.15, 0.2) is 0 Å². The number of nitrogens with zero attached hydrogens (tertiary/aromatic N) is 1. The third-order valence-corrected chi connectivity index (χ3v) is 3.12. The van der Waals surface area contributed by atoms with Gasteiger partial charge < -0.3 is 14.7 Å². The maximum Gasteiger partial charge on any atom is 0.306 e. The van der Waals surface area contributed by atoms with Crippen LogP contribution in [0.25, 0.3) is 0 Å². The van der Waals surface area contributed by atoms with Crippen molar-refractivity contribution in [1.29, 1.82) is 0 Å². The van der Waals surface area contributed by atoms with Crippen LogP contribution in [0.1, 0.15) is 19.8 Å². The molecule has 0 radical (unpaired) electrons. The van der Waals surface area contributed by atoms with Crippen molar-refractivity contribution in [3.8, 4) is 0 Å². The minimum absolute atomic E-state index is 0.0436. The molecule has 1 N–H and O–H groups in total. The van der Waals surface area contributed by atoms with Gasteiger partial charge in [-0.05, 0) is 12.8 Å². The lowest BCUT2D eigenvalue weighted by atomic mass is 9.89. The van der Waals surface area contributed by atoms with Crippen LogP contribution in [0.2, 0.25) is 0 Å². The van der Waals surface area contributed by atoms with Crippen LogP contribution in [-0.2, 0) is 14.3 Å². The molecule has 0 aliphatic carbocycles. The van der Waals surface area contributed by atoms with E-state index in [4.69, 9.17) is 9.84 Å². The van der Waals surface area contributed by atoms with E-state index in [1.54, 1.807) is 4.90 Å². The first-order chi connectivity index (χ1) is 7.06. The zero-order valence-electron chi connectivity index (χ0n) is 8.68. The van der Waals surface area contributed by atoms with E-state index in [0.717, 1.165) is 0 Å². The Balaban J connectivity index is 2.02. The molecule has 1 amide bonds. The number of hydrogen-bond donors (Lipinski definition) is 1. The summed E-state index contributed by atoms with van der Waals surface area (Å²) < 4.78 is 5.63. The monoisotopic (exact) mass is 213 g/mol. The van der Waals surface area contributed by atoms with Crippen LogP contribution in [0.4, 0.5) is 0 Å². The van der Waals surface area contributed by atoms with Crippen molar-refractivity contribution < 1.29 is 19.4 Å². The quantitative estimate of drug-likeness (QED) is 0.670. The van der Waals surface area contributed by atoms with E-state index in [9.17, 15) is 9.59 Å². The second-order valence-corrected chi connectivity index (χ2v) is 4.31. The number of aliphatic carboxylic acids is 1. The molecule has 0 aromatic carbocycles. The molecule has 5 heteroatoms. The second-order valence-electron chi connectivity index (χ2n) is 4.31. The Morgan fingerprint density at radius 2 is 1.80 bits per heavy atom. The first kappa shape index (κ1) is 10.4. The summed E-state index contributed by atoms with van der Waals surface area (Å²) >= 11 is 0. The fourth-order valence-corrected chi connectivity index (χ4v) is 2.37. The van der Waals surface area contributed by atoms with Crippen LogP contribution >= 0.6 is 0 Å². The van der Waals surface area contributed by atoms with Crippen LogP contribution in [-0.4, -0.2) is 47.2 Å². The Kier molecular flexibility index (Phi) is 2.65. The number of amides is 1. The van der Waals surface area contributed by atoms with Gasteiger partial charge in [0.2, 0.25) is 5.91 Å². The average Bonchev–Trinajstić information content (AvgIpc) is 2.15. The maximum atomic E-state index is 11.2. The molecule has 2 unspecified atom stereocenters. The fourth-order valence-electron chi connectivity index (χ4n) is 2.37. The van der Waals surface area contributed by atoms with E-state index in [2.05, 4.69) is 0 Å². The van der Waals surface area contributed by atoms with Crippen LogP contribution in [0.3, 0.4) is 0 Å². The first-order valence-electron chi connectivity index (χ1n) is 5.20. The lowest BCUT2D eigenvalue weighted by Crippen LogP contribution is -2.54. The summed E-state index contributed by atoms with van der Waals surface area (Å²) in [6.07, 6.45) is 0.857. The van der Waals surface area contributed by atoms with Gasteiger partial charge in [0.25, 0.3) is 0 Å². The SMILES string of the molecule is CC(=O)N1CC2CC(C(=O)O)CC(C1)O2. The van der Waals surface area contributed by atoms with Gasteiger partial charge in [0, 0.05) is 20.0 Å². The van der Waals surface area contributed by atoms with Crippen molar-refractivity contribution in [2.75, 3.05) is 13.1 Å². The molecule has 2 fully saturated rings. The Morgan fingerprint density at radius 1 is 1.27 bits per heavy atom. The molecule has 2 heterocycles. The summed E-state index contributed by atoms with van der Waals surface area (Å²) in [7, 11) is 0. The van der Waals surface area contributed by atoms with Gasteiger partial charge in [0.1, 0.15) is 0 Å². The molecule has 15 heavy (non-hydrogen) atoms. The Hall–Kier alpha value is -1.10. The predicted octanol–water partition coefficient (Wildman–Crippen LogP) is 0.0969. The summed E-state index contributed by atoms with van der Waals surface area (Å²) in [6, 6.07) is 0. The Morgan fingerprint density at radius 3 is 2.20 bits per heavy atom. The maximum absolute atomic E-state index is 11.2. The minimum atomic E-state index is -0.746. The highest BCUT2D eigenvalue weighted by Gasteiger charge is 2.39. The van der Waals surface area contributed by atoms with Crippen molar-refractivity contribution in [3.05, 3.63) is 0 Å². The summed E-state index contributed by atoms with van der Waals surface area (Å²) in [4.78, 5) is 23.8. The van der Waals surface area contributed by atoms with Crippen molar-refractivity contribution in [2.45, 2.75) is 32.0 Å².